The number of fused-ring (bicyclic) bond motifs is 2. The van der Waals surface area contributed by atoms with Gasteiger partial charge in [-0.05, 0) is 24.0 Å². The zero-order valence-electron chi connectivity index (χ0n) is 11.3. The standard InChI is InChI=1S/C14H17NO4S/c1-20(17,18)19-15-10-11-6-2-3-7-12(11)14(13(15)16)8-4-5-9-14/h2-3,6-7H,4-5,8-10H2,1H3. The van der Waals surface area contributed by atoms with Crippen LogP contribution >= 0.6 is 0 Å². The van der Waals surface area contributed by atoms with Crippen LogP contribution in [0.2, 0.25) is 0 Å². The van der Waals surface area contributed by atoms with E-state index in [-0.39, 0.29) is 12.5 Å². The smallest absolute Gasteiger partial charge is 0.271 e. The summed E-state index contributed by atoms with van der Waals surface area (Å²) in [4.78, 5) is 12.7. The molecule has 1 fully saturated rings. The van der Waals surface area contributed by atoms with Crippen molar-refractivity contribution in [3.63, 3.8) is 0 Å². The zero-order valence-corrected chi connectivity index (χ0v) is 12.1. The molecule has 0 bridgehead atoms. The molecule has 6 heteroatoms. The predicted octanol–water partition coefficient (Wildman–Crippen LogP) is 1.73. The molecule has 1 aliphatic heterocycles. The fourth-order valence-electron chi connectivity index (χ4n) is 3.39. The van der Waals surface area contributed by atoms with Crippen LogP contribution in [0.4, 0.5) is 0 Å². The van der Waals surface area contributed by atoms with Gasteiger partial charge in [0.1, 0.15) is 0 Å². The Balaban J connectivity index is 2.07. The Bertz CT molecular complexity index is 647. The molecule has 1 aromatic rings. The quantitative estimate of drug-likeness (QED) is 0.833. The molecule has 1 spiro atoms. The van der Waals surface area contributed by atoms with Crippen LogP contribution in [0.1, 0.15) is 36.8 Å². The van der Waals surface area contributed by atoms with Gasteiger partial charge in [-0.15, -0.1) is 4.28 Å². The topological polar surface area (TPSA) is 63.7 Å². The maximum absolute atomic E-state index is 12.7. The van der Waals surface area contributed by atoms with Crippen LogP contribution in [0.3, 0.4) is 0 Å². The Labute approximate surface area is 118 Å². The lowest BCUT2D eigenvalue weighted by molar-refractivity contribution is -0.167. The largest absolute Gasteiger partial charge is 0.285 e. The summed E-state index contributed by atoms with van der Waals surface area (Å²) in [6, 6.07) is 7.74. The number of nitrogens with zero attached hydrogens (tertiary/aromatic N) is 1. The van der Waals surface area contributed by atoms with E-state index in [1.54, 1.807) is 0 Å². The highest BCUT2D eigenvalue weighted by Crippen LogP contribution is 2.46. The molecule has 1 aromatic carbocycles. The van der Waals surface area contributed by atoms with Crippen LogP contribution in [0.5, 0.6) is 0 Å². The summed E-state index contributed by atoms with van der Waals surface area (Å²) in [5.41, 5.74) is 1.41. The summed E-state index contributed by atoms with van der Waals surface area (Å²) in [6.07, 6.45) is 4.43. The van der Waals surface area contributed by atoms with Crippen molar-refractivity contribution in [3.8, 4) is 0 Å². The SMILES string of the molecule is CS(=O)(=O)ON1Cc2ccccc2C2(CCCC2)C1=O. The van der Waals surface area contributed by atoms with Gasteiger partial charge in [0.25, 0.3) is 16.0 Å². The van der Waals surface area contributed by atoms with E-state index in [0.29, 0.717) is 0 Å². The van der Waals surface area contributed by atoms with Crippen molar-refractivity contribution in [2.45, 2.75) is 37.6 Å². The van der Waals surface area contributed by atoms with Crippen LogP contribution in [-0.4, -0.2) is 25.6 Å². The molecule has 0 radical (unpaired) electrons. The number of hydrogen-bond donors (Lipinski definition) is 0. The van der Waals surface area contributed by atoms with Gasteiger partial charge in [-0.3, -0.25) is 4.79 Å². The molecule has 5 nitrogen and oxygen atoms in total. The van der Waals surface area contributed by atoms with E-state index in [9.17, 15) is 13.2 Å². The van der Waals surface area contributed by atoms with E-state index < -0.39 is 15.5 Å². The Morgan fingerprint density at radius 1 is 1.20 bits per heavy atom. The van der Waals surface area contributed by atoms with Gasteiger partial charge in [-0.2, -0.15) is 13.5 Å². The first-order chi connectivity index (χ1) is 9.42. The van der Waals surface area contributed by atoms with Gasteiger partial charge in [0.15, 0.2) is 0 Å². The van der Waals surface area contributed by atoms with Gasteiger partial charge < -0.3 is 0 Å². The van der Waals surface area contributed by atoms with Gasteiger partial charge in [-0.25, -0.2) is 0 Å². The number of amides is 1. The second-order valence-corrected chi connectivity index (χ2v) is 7.12. The highest BCUT2D eigenvalue weighted by molar-refractivity contribution is 7.85. The van der Waals surface area contributed by atoms with Crippen molar-refractivity contribution in [3.05, 3.63) is 35.4 Å². The summed E-state index contributed by atoms with van der Waals surface area (Å²) in [5, 5.41) is 1.02. The van der Waals surface area contributed by atoms with E-state index in [2.05, 4.69) is 0 Å². The summed E-state index contributed by atoms with van der Waals surface area (Å²) in [6.45, 7) is 0.184. The van der Waals surface area contributed by atoms with Crippen molar-refractivity contribution in [1.82, 2.24) is 5.06 Å². The third-order valence-electron chi connectivity index (χ3n) is 4.17. The molecular weight excluding hydrogens is 278 g/mol. The van der Waals surface area contributed by atoms with E-state index in [0.717, 1.165) is 48.1 Å². The minimum Gasteiger partial charge on any atom is -0.271 e. The molecule has 0 saturated heterocycles. The van der Waals surface area contributed by atoms with Crippen LogP contribution in [0.25, 0.3) is 0 Å². The molecule has 1 aliphatic carbocycles. The number of benzene rings is 1. The summed E-state index contributed by atoms with van der Waals surface area (Å²) < 4.78 is 27.6. The molecule has 1 heterocycles. The van der Waals surface area contributed by atoms with E-state index >= 15 is 0 Å². The predicted molar refractivity (Wildman–Crippen MR) is 73.1 cm³/mol. The molecule has 1 saturated carbocycles. The number of hydroxylamine groups is 2. The molecule has 3 rings (SSSR count). The molecule has 0 unspecified atom stereocenters. The highest BCUT2D eigenvalue weighted by Gasteiger charge is 2.50. The summed E-state index contributed by atoms with van der Waals surface area (Å²) >= 11 is 0. The normalized spacial score (nSPS) is 21.2. The lowest BCUT2D eigenvalue weighted by Crippen LogP contribution is -2.50. The Hall–Kier alpha value is -1.40. The van der Waals surface area contributed by atoms with Crippen molar-refractivity contribution < 1.29 is 17.5 Å². The lowest BCUT2D eigenvalue weighted by atomic mass is 9.73. The van der Waals surface area contributed by atoms with Crippen LogP contribution in [0, 0.1) is 0 Å². The van der Waals surface area contributed by atoms with Gasteiger partial charge >= 0.3 is 0 Å². The van der Waals surface area contributed by atoms with Crippen LogP contribution in [0.15, 0.2) is 24.3 Å². The van der Waals surface area contributed by atoms with Gasteiger partial charge in [0.05, 0.1) is 18.2 Å². The van der Waals surface area contributed by atoms with Crippen molar-refractivity contribution in [2.24, 2.45) is 0 Å². The third kappa shape index (κ3) is 2.13. The summed E-state index contributed by atoms with van der Waals surface area (Å²) in [5.74, 6) is -0.223. The average molecular weight is 295 g/mol. The minimum absolute atomic E-state index is 0.184. The van der Waals surface area contributed by atoms with Crippen LogP contribution in [-0.2, 0) is 31.2 Å². The molecule has 0 aromatic heterocycles. The highest BCUT2D eigenvalue weighted by atomic mass is 32.2. The molecule has 20 heavy (non-hydrogen) atoms. The monoisotopic (exact) mass is 295 g/mol. The van der Waals surface area contributed by atoms with Gasteiger partial charge in [-0.1, -0.05) is 37.1 Å². The molecule has 0 atom stereocenters. The van der Waals surface area contributed by atoms with Gasteiger partial charge in [0.2, 0.25) is 0 Å². The second-order valence-electron chi connectivity index (χ2n) is 5.57. The Morgan fingerprint density at radius 2 is 1.85 bits per heavy atom. The number of hydrogen-bond acceptors (Lipinski definition) is 4. The molecule has 108 valence electrons. The molecule has 2 aliphatic rings. The molecule has 0 N–H and O–H groups in total. The van der Waals surface area contributed by atoms with E-state index in [1.165, 1.54) is 0 Å². The fraction of sp³-hybridized carbons (Fsp3) is 0.500. The first kappa shape index (κ1) is 13.6. The maximum Gasteiger partial charge on any atom is 0.285 e. The zero-order chi connectivity index (χ0) is 14.4. The first-order valence-corrected chi connectivity index (χ1v) is 8.54. The number of carbonyl (C=O) groups is 1. The lowest BCUT2D eigenvalue weighted by Gasteiger charge is -2.39. The minimum atomic E-state index is -3.70. The summed E-state index contributed by atoms with van der Waals surface area (Å²) in [7, 11) is -3.70. The Morgan fingerprint density at radius 3 is 2.50 bits per heavy atom. The molecular formula is C14H17NO4S. The van der Waals surface area contributed by atoms with E-state index in [4.69, 9.17) is 4.28 Å². The first-order valence-electron chi connectivity index (χ1n) is 6.72. The number of carbonyl (C=O) groups excluding carboxylic acids is 1. The van der Waals surface area contributed by atoms with Gasteiger partial charge in [0, 0.05) is 0 Å². The maximum atomic E-state index is 12.7. The van der Waals surface area contributed by atoms with Crippen molar-refractivity contribution in [1.29, 1.82) is 0 Å². The molecule has 1 amide bonds. The van der Waals surface area contributed by atoms with E-state index in [1.807, 2.05) is 24.3 Å². The van der Waals surface area contributed by atoms with Crippen LogP contribution < -0.4 is 0 Å². The number of rotatable bonds is 2. The van der Waals surface area contributed by atoms with Crippen molar-refractivity contribution >= 4 is 16.0 Å². The second kappa shape index (κ2) is 4.56. The third-order valence-corrected chi connectivity index (χ3v) is 4.62. The average Bonchev–Trinajstić information content (AvgIpc) is 2.85. The fourth-order valence-corrected chi connectivity index (χ4v) is 3.84. The Kier molecular flexibility index (Phi) is 3.10. The van der Waals surface area contributed by atoms with Crippen molar-refractivity contribution in [2.75, 3.05) is 6.26 Å².